The maximum Gasteiger partial charge on any atom is 0.352 e. The topological polar surface area (TPSA) is 101 Å². The van der Waals surface area contributed by atoms with Crippen LogP contribution in [0.3, 0.4) is 0 Å². The van der Waals surface area contributed by atoms with E-state index in [-0.39, 0.29) is 4.90 Å². The predicted octanol–water partition coefficient (Wildman–Crippen LogP) is 1.68. The van der Waals surface area contributed by atoms with Gasteiger partial charge in [-0.1, -0.05) is 36.4 Å². The molecule has 0 bridgehead atoms. The van der Waals surface area contributed by atoms with E-state index in [1.807, 2.05) is 0 Å². The van der Waals surface area contributed by atoms with Gasteiger partial charge in [-0.05, 0) is 11.5 Å². The Morgan fingerprint density at radius 2 is 1.68 bits per heavy atom. The van der Waals surface area contributed by atoms with Crippen molar-refractivity contribution in [2.75, 3.05) is 6.35 Å². The third-order valence-corrected chi connectivity index (χ3v) is 4.36. The largest absolute Gasteiger partial charge is 0.352 e. The summed E-state index contributed by atoms with van der Waals surface area (Å²) in [6, 6.07) is 11.4. The fourth-order valence-corrected chi connectivity index (χ4v) is 3.55. The van der Waals surface area contributed by atoms with Crippen LogP contribution >= 0.6 is 7.60 Å². The molecule has 0 amide bonds. The minimum atomic E-state index is -4.54. The summed E-state index contributed by atoms with van der Waals surface area (Å²) in [6.07, 6.45) is -1.17. The summed E-state index contributed by atoms with van der Waals surface area (Å²) in [7, 11) is -8.76. The summed E-state index contributed by atoms with van der Waals surface area (Å²) in [6.45, 7) is 0. The summed E-state index contributed by atoms with van der Waals surface area (Å²) >= 11 is 0. The van der Waals surface area contributed by atoms with Gasteiger partial charge in [0.05, 0.1) is 0 Å². The van der Waals surface area contributed by atoms with Crippen molar-refractivity contribution in [1.29, 1.82) is 0 Å². The van der Waals surface area contributed by atoms with Gasteiger partial charge in [0.15, 0.2) is 6.35 Å². The zero-order valence-electron chi connectivity index (χ0n) is 9.63. The molecule has 19 heavy (non-hydrogen) atoms. The number of benzene rings is 2. The molecule has 0 radical (unpaired) electrons. The second-order valence-corrected chi connectivity index (χ2v) is 7.01. The molecule has 8 heteroatoms. The zero-order valence-corrected chi connectivity index (χ0v) is 11.3. The molecule has 0 aliphatic carbocycles. The van der Waals surface area contributed by atoms with Gasteiger partial charge in [-0.15, -0.1) is 0 Å². The number of hydrogen-bond acceptors (Lipinski definition) is 4. The molecule has 2 rings (SSSR count). The van der Waals surface area contributed by atoms with Crippen molar-refractivity contribution < 1.29 is 27.0 Å². The van der Waals surface area contributed by atoms with E-state index in [0.717, 1.165) is 0 Å². The summed E-state index contributed by atoms with van der Waals surface area (Å²) in [5, 5.41) is 1.14. The van der Waals surface area contributed by atoms with Crippen LogP contribution in [0.1, 0.15) is 0 Å². The van der Waals surface area contributed by atoms with Crippen LogP contribution in [0.4, 0.5) is 0 Å². The highest BCUT2D eigenvalue weighted by atomic mass is 32.2. The smallest absolute Gasteiger partial charge is 0.323 e. The Morgan fingerprint density at radius 1 is 1.05 bits per heavy atom. The molecule has 0 saturated heterocycles. The molecular weight excluding hydrogens is 291 g/mol. The fourth-order valence-electron chi connectivity index (χ4n) is 1.62. The van der Waals surface area contributed by atoms with Gasteiger partial charge in [0.25, 0.3) is 10.1 Å². The lowest BCUT2D eigenvalue weighted by Gasteiger charge is -2.09. The highest BCUT2D eigenvalue weighted by Crippen LogP contribution is 2.36. The van der Waals surface area contributed by atoms with Gasteiger partial charge in [0, 0.05) is 5.39 Å². The minimum absolute atomic E-state index is 0.112. The van der Waals surface area contributed by atoms with Crippen molar-refractivity contribution >= 4 is 28.5 Å². The zero-order chi connectivity index (χ0) is 14.1. The van der Waals surface area contributed by atoms with Gasteiger partial charge in [0.1, 0.15) is 4.90 Å². The van der Waals surface area contributed by atoms with Gasteiger partial charge >= 0.3 is 7.60 Å². The summed E-state index contributed by atoms with van der Waals surface area (Å²) in [5.74, 6) is 0. The minimum Gasteiger partial charge on any atom is -0.323 e. The summed E-state index contributed by atoms with van der Waals surface area (Å²) in [4.78, 5) is 17.2. The quantitative estimate of drug-likeness (QED) is 0.658. The van der Waals surface area contributed by atoms with E-state index in [1.165, 1.54) is 12.1 Å². The molecule has 102 valence electrons. The molecule has 6 nitrogen and oxygen atoms in total. The normalized spacial score (nSPS) is 12.7. The number of hydrogen-bond donors (Lipinski definition) is 2. The molecule has 0 heterocycles. The summed E-state index contributed by atoms with van der Waals surface area (Å²) < 4.78 is 38.9. The van der Waals surface area contributed by atoms with Gasteiger partial charge < -0.3 is 9.79 Å². The second-order valence-electron chi connectivity index (χ2n) is 3.84. The van der Waals surface area contributed by atoms with E-state index in [2.05, 4.69) is 4.18 Å². The van der Waals surface area contributed by atoms with E-state index in [1.54, 1.807) is 30.3 Å². The summed E-state index contributed by atoms with van der Waals surface area (Å²) in [5.41, 5.74) is 0. The van der Waals surface area contributed by atoms with Crippen molar-refractivity contribution in [3.63, 3.8) is 0 Å². The van der Waals surface area contributed by atoms with E-state index >= 15 is 0 Å². The molecule has 0 saturated carbocycles. The van der Waals surface area contributed by atoms with Crippen LogP contribution in [0, 0.1) is 0 Å². The first-order chi connectivity index (χ1) is 8.80. The Kier molecular flexibility index (Phi) is 3.75. The Labute approximate surface area is 109 Å². The first-order valence-electron chi connectivity index (χ1n) is 5.21. The molecular formula is C11H11O6PS. The average Bonchev–Trinajstić information content (AvgIpc) is 2.35. The SMILES string of the molecule is O=P(O)(O)COS(=O)(=O)c1cccc2ccccc12. The van der Waals surface area contributed by atoms with Gasteiger partial charge in [-0.25, -0.2) is 0 Å². The predicted molar refractivity (Wildman–Crippen MR) is 69.1 cm³/mol. The van der Waals surface area contributed by atoms with E-state index in [4.69, 9.17) is 9.79 Å². The van der Waals surface area contributed by atoms with Crippen LogP contribution in [0.5, 0.6) is 0 Å². The lowest BCUT2D eigenvalue weighted by atomic mass is 10.1. The van der Waals surface area contributed by atoms with Gasteiger partial charge in [0.2, 0.25) is 0 Å². The Morgan fingerprint density at radius 3 is 2.37 bits per heavy atom. The molecule has 0 aliphatic rings. The molecule has 0 unspecified atom stereocenters. The second kappa shape index (κ2) is 5.03. The van der Waals surface area contributed by atoms with Gasteiger partial charge in [-0.2, -0.15) is 8.42 Å². The Balaban J connectivity index is 2.46. The highest BCUT2D eigenvalue weighted by molar-refractivity contribution is 7.87. The molecule has 0 atom stereocenters. The van der Waals surface area contributed by atoms with Crippen molar-refractivity contribution in [2.45, 2.75) is 4.90 Å². The number of fused-ring (bicyclic) bond motifs is 1. The van der Waals surface area contributed by atoms with Crippen molar-refractivity contribution in [2.24, 2.45) is 0 Å². The van der Waals surface area contributed by atoms with E-state index < -0.39 is 24.1 Å². The maximum absolute atomic E-state index is 11.9. The molecule has 2 N–H and O–H groups in total. The fraction of sp³-hybridized carbons (Fsp3) is 0.0909. The van der Waals surface area contributed by atoms with Crippen LogP contribution in [0.25, 0.3) is 10.8 Å². The molecule has 0 fully saturated rings. The highest BCUT2D eigenvalue weighted by Gasteiger charge is 2.23. The van der Waals surface area contributed by atoms with Crippen molar-refractivity contribution in [1.82, 2.24) is 0 Å². The van der Waals surface area contributed by atoms with Crippen LogP contribution in [-0.2, 0) is 18.9 Å². The molecule has 2 aromatic carbocycles. The first kappa shape index (κ1) is 14.2. The van der Waals surface area contributed by atoms with Crippen molar-refractivity contribution in [3.05, 3.63) is 42.5 Å². The molecule has 0 aliphatic heterocycles. The molecule has 0 spiro atoms. The molecule has 2 aromatic rings. The third-order valence-electron chi connectivity index (χ3n) is 2.39. The van der Waals surface area contributed by atoms with E-state index in [0.29, 0.717) is 10.8 Å². The molecule has 0 aromatic heterocycles. The van der Waals surface area contributed by atoms with Gasteiger partial charge in [-0.3, -0.25) is 8.75 Å². The Bertz CT molecular complexity index is 743. The monoisotopic (exact) mass is 302 g/mol. The third kappa shape index (κ3) is 3.40. The van der Waals surface area contributed by atoms with E-state index in [9.17, 15) is 13.0 Å². The Hall–Kier alpha value is -1.24. The van der Waals surface area contributed by atoms with Crippen LogP contribution < -0.4 is 0 Å². The average molecular weight is 302 g/mol. The van der Waals surface area contributed by atoms with Crippen LogP contribution in [0.15, 0.2) is 47.4 Å². The van der Waals surface area contributed by atoms with Crippen LogP contribution in [0.2, 0.25) is 0 Å². The maximum atomic E-state index is 11.9. The lowest BCUT2D eigenvalue weighted by molar-refractivity contribution is 0.301. The lowest BCUT2D eigenvalue weighted by Crippen LogP contribution is -2.08. The standard InChI is InChI=1S/C11H11O6PS/c12-18(13,14)8-17-19(15,16)11-7-3-5-9-4-1-2-6-10(9)11/h1-7H,8H2,(H2,12,13,14). The first-order valence-corrected chi connectivity index (χ1v) is 8.42. The van der Waals surface area contributed by atoms with Crippen LogP contribution in [-0.4, -0.2) is 24.6 Å². The number of rotatable bonds is 4. The van der Waals surface area contributed by atoms with Crippen molar-refractivity contribution in [3.8, 4) is 0 Å².